The maximum Gasteiger partial charge on any atom is 0.126 e. The van der Waals surface area contributed by atoms with Crippen LogP contribution in [0.3, 0.4) is 0 Å². The zero-order valence-corrected chi connectivity index (χ0v) is 6.90. The molecule has 0 saturated heterocycles. The third-order valence-electron chi connectivity index (χ3n) is 1.50. The molecule has 64 valence electrons. The quantitative estimate of drug-likeness (QED) is 0.425. The van der Waals surface area contributed by atoms with Gasteiger partial charge in [-0.05, 0) is 30.2 Å². The molecule has 1 heterocycles. The van der Waals surface area contributed by atoms with Crippen LogP contribution in [0, 0.1) is 0 Å². The first-order chi connectivity index (χ1) is 5.86. The van der Waals surface area contributed by atoms with Gasteiger partial charge in [-0.25, -0.2) is 0 Å². The van der Waals surface area contributed by atoms with Gasteiger partial charge in [-0.3, -0.25) is 0 Å². The van der Waals surface area contributed by atoms with Gasteiger partial charge in [0.25, 0.3) is 0 Å². The summed E-state index contributed by atoms with van der Waals surface area (Å²) < 4.78 is 5.09. The van der Waals surface area contributed by atoms with Crippen LogP contribution in [0.2, 0.25) is 0 Å². The average Bonchev–Trinajstić information content (AvgIpc) is 2.56. The summed E-state index contributed by atoms with van der Waals surface area (Å²) in [6, 6.07) is 3.66. The molecule has 3 heteroatoms. The van der Waals surface area contributed by atoms with Crippen molar-refractivity contribution in [1.82, 2.24) is 0 Å². The summed E-state index contributed by atoms with van der Waals surface area (Å²) >= 11 is 0. The molecule has 0 aliphatic carbocycles. The summed E-state index contributed by atoms with van der Waals surface area (Å²) in [7, 11) is 0. The molecule has 1 N–H and O–H groups in total. The van der Waals surface area contributed by atoms with Crippen LogP contribution in [0.5, 0.6) is 0 Å². The molecule has 0 amide bonds. The minimum Gasteiger partial charge on any atom is -0.465 e. The highest BCUT2D eigenvalue weighted by atomic mass is 16.4. The summed E-state index contributed by atoms with van der Waals surface area (Å²) in [6.45, 7) is 1.98. The minimum absolute atomic E-state index is 0.770. The maximum absolute atomic E-state index is 8.29. The molecule has 1 aromatic heterocycles. The van der Waals surface area contributed by atoms with E-state index in [1.54, 1.807) is 6.26 Å². The smallest absolute Gasteiger partial charge is 0.126 e. The second-order valence-corrected chi connectivity index (χ2v) is 2.33. The van der Waals surface area contributed by atoms with E-state index in [0.29, 0.717) is 0 Å². The molecule has 0 aromatic carbocycles. The summed E-state index contributed by atoms with van der Waals surface area (Å²) in [5.74, 6) is 0.770. The lowest BCUT2D eigenvalue weighted by Gasteiger charge is -1.92. The second-order valence-electron chi connectivity index (χ2n) is 2.33. The zero-order valence-electron chi connectivity index (χ0n) is 6.90. The number of hydrogen-bond acceptors (Lipinski definition) is 3. The van der Waals surface area contributed by atoms with Crippen molar-refractivity contribution in [2.24, 2.45) is 5.16 Å². The van der Waals surface area contributed by atoms with Gasteiger partial charge in [-0.2, -0.15) is 0 Å². The van der Waals surface area contributed by atoms with E-state index in [1.165, 1.54) is 6.21 Å². The highest BCUT2D eigenvalue weighted by Crippen LogP contribution is 2.08. The normalized spacial score (nSPS) is 12.6. The van der Waals surface area contributed by atoms with Crippen molar-refractivity contribution in [3.63, 3.8) is 0 Å². The predicted octanol–water partition coefficient (Wildman–Crippen LogP) is 2.53. The first-order valence-corrected chi connectivity index (χ1v) is 3.78. The van der Waals surface area contributed by atoms with Crippen LogP contribution in [0.25, 0.3) is 6.08 Å². The fourth-order valence-corrected chi connectivity index (χ4v) is 0.861. The fraction of sp³-hybridized carbons (Fsp3) is 0.222. The van der Waals surface area contributed by atoms with E-state index in [9.17, 15) is 0 Å². The third kappa shape index (κ3) is 2.27. The van der Waals surface area contributed by atoms with Gasteiger partial charge in [0.05, 0.1) is 12.5 Å². The predicted molar refractivity (Wildman–Crippen MR) is 47.3 cm³/mol. The largest absolute Gasteiger partial charge is 0.465 e. The van der Waals surface area contributed by atoms with Crippen molar-refractivity contribution in [3.05, 3.63) is 29.7 Å². The number of furan rings is 1. The highest BCUT2D eigenvalue weighted by molar-refractivity contribution is 5.84. The Bertz CT molecular complexity index is 273. The van der Waals surface area contributed by atoms with E-state index in [0.717, 1.165) is 17.8 Å². The van der Waals surface area contributed by atoms with Crippen LogP contribution in [0.15, 0.2) is 33.5 Å². The zero-order chi connectivity index (χ0) is 8.81. The molecule has 0 saturated carbocycles. The summed E-state index contributed by atoms with van der Waals surface area (Å²) in [5.41, 5.74) is 0.924. The molecule has 1 rings (SSSR count). The van der Waals surface area contributed by atoms with Crippen LogP contribution in [0.1, 0.15) is 19.1 Å². The molecule has 0 unspecified atom stereocenters. The Morgan fingerprint density at radius 2 is 2.58 bits per heavy atom. The number of rotatable bonds is 3. The van der Waals surface area contributed by atoms with Gasteiger partial charge in [0, 0.05) is 0 Å². The van der Waals surface area contributed by atoms with E-state index >= 15 is 0 Å². The van der Waals surface area contributed by atoms with Crippen LogP contribution in [-0.2, 0) is 0 Å². The van der Waals surface area contributed by atoms with E-state index in [2.05, 4.69) is 5.16 Å². The average molecular weight is 165 g/mol. The van der Waals surface area contributed by atoms with Gasteiger partial charge in [0.2, 0.25) is 0 Å². The first-order valence-electron chi connectivity index (χ1n) is 3.78. The van der Waals surface area contributed by atoms with Gasteiger partial charge in [-0.1, -0.05) is 12.1 Å². The van der Waals surface area contributed by atoms with Crippen molar-refractivity contribution in [1.29, 1.82) is 0 Å². The monoisotopic (exact) mass is 165 g/mol. The van der Waals surface area contributed by atoms with Gasteiger partial charge >= 0.3 is 0 Å². The van der Waals surface area contributed by atoms with Crippen molar-refractivity contribution in [3.8, 4) is 0 Å². The molecule has 0 atom stereocenters. The van der Waals surface area contributed by atoms with Crippen molar-refractivity contribution in [2.75, 3.05) is 0 Å². The van der Waals surface area contributed by atoms with E-state index in [4.69, 9.17) is 9.62 Å². The first kappa shape index (κ1) is 8.59. The summed E-state index contributed by atoms with van der Waals surface area (Å²) in [4.78, 5) is 0. The SMILES string of the molecule is CCC(/C=N\O)=C/c1ccco1. The molecule has 0 aliphatic heterocycles. The molecule has 0 radical (unpaired) electrons. The fourth-order valence-electron chi connectivity index (χ4n) is 0.861. The highest BCUT2D eigenvalue weighted by Gasteiger charge is 1.93. The molecule has 1 aromatic rings. The van der Waals surface area contributed by atoms with Gasteiger partial charge in [-0.15, -0.1) is 0 Å². The molecule has 0 spiro atoms. The Morgan fingerprint density at radius 1 is 1.75 bits per heavy atom. The van der Waals surface area contributed by atoms with Crippen molar-refractivity contribution in [2.45, 2.75) is 13.3 Å². The van der Waals surface area contributed by atoms with Crippen LogP contribution in [0.4, 0.5) is 0 Å². The topological polar surface area (TPSA) is 45.7 Å². The summed E-state index contributed by atoms with van der Waals surface area (Å²) in [5, 5.41) is 11.2. The molecule has 0 bridgehead atoms. The maximum atomic E-state index is 8.29. The molecular formula is C9H11NO2. The lowest BCUT2D eigenvalue weighted by Crippen LogP contribution is -1.81. The van der Waals surface area contributed by atoms with Crippen LogP contribution < -0.4 is 0 Å². The second kappa shape index (κ2) is 4.38. The van der Waals surface area contributed by atoms with E-state index < -0.39 is 0 Å². The number of oxime groups is 1. The van der Waals surface area contributed by atoms with Gasteiger partial charge in [0.1, 0.15) is 5.76 Å². The van der Waals surface area contributed by atoms with Crippen LogP contribution in [-0.4, -0.2) is 11.4 Å². The molecule has 0 fully saturated rings. The molecular weight excluding hydrogens is 154 g/mol. The Morgan fingerprint density at radius 3 is 3.08 bits per heavy atom. The Balaban J connectivity index is 2.78. The van der Waals surface area contributed by atoms with E-state index in [-0.39, 0.29) is 0 Å². The minimum atomic E-state index is 0.770. The Hall–Kier alpha value is -1.51. The summed E-state index contributed by atoms with van der Waals surface area (Å²) in [6.07, 6.45) is 5.65. The number of nitrogens with zero attached hydrogens (tertiary/aromatic N) is 1. The number of hydrogen-bond donors (Lipinski definition) is 1. The lowest BCUT2D eigenvalue weighted by atomic mass is 10.2. The Kier molecular flexibility index (Phi) is 3.14. The van der Waals surface area contributed by atoms with Crippen LogP contribution >= 0.6 is 0 Å². The molecule has 12 heavy (non-hydrogen) atoms. The van der Waals surface area contributed by atoms with Gasteiger partial charge in [0.15, 0.2) is 0 Å². The molecule has 3 nitrogen and oxygen atoms in total. The van der Waals surface area contributed by atoms with Crippen molar-refractivity contribution < 1.29 is 9.62 Å². The lowest BCUT2D eigenvalue weighted by molar-refractivity contribution is 0.321. The van der Waals surface area contributed by atoms with E-state index in [1.807, 2.05) is 25.1 Å². The number of allylic oxidation sites excluding steroid dienone is 1. The standard InChI is InChI=1S/C9H11NO2/c1-2-8(7-10-11)6-9-4-3-5-12-9/h3-7,11H,2H2,1H3/b8-6-,10-7-. The van der Waals surface area contributed by atoms with Gasteiger partial charge < -0.3 is 9.62 Å². The Labute approximate surface area is 71.0 Å². The third-order valence-corrected chi connectivity index (χ3v) is 1.50. The van der Waals surface area contributed by atoms with Crippen molar-refractivity contribution >= 4 is 12.3 Å². The molecule has 0 aliphatic rings.